The van der Waals surface area contributed by atoms with Crippen LogP contribution in [0.25, 0.3) is 0 Å². The third-order valence-electron chi connectivity index (χ3n) is 5.63. The predicted molar refractivity (Wildman–Crippen MR) is 100 cm³/mol. The lowest BCUT2D eigenvalue weighted by Gasteiger charge is -2.34. The fraction of sp³-hybridized carbons (Fsp3) is 0.238. The Morgan fingerprint density at radius 1 is 0.786 bits per heavy atom. The van der Waals surface area contributed by atoms with Crippen molar-refractivity contribution in [2.45, 2.75) is 12.0 Å². The van der Waals surface area contributed by atoms with E-state index in [1.807, 2.05) is 6.07 Å². The molecule has 0 saturated carbocycles. The Balaban J connectivity index is 1.70. The van der Waals surface area contributed by atoms with Crippen molar-refractivity contribution in [3.63, 3.8) is 0 Å². The smallest absolute Gasteiger partial charge is 0.308 e. The predicted octanol–water partition coefficient (Wildman–Crippen LogP) is 2.09. The van der Waals surface area contributed by atoms with Crippen molar-refractivity contribution in [3.05, 3.63) is 71.3 Å². The first-order valence-electron chi connectivity index (χ1n) is 8.96. The number of urea groups is 1. The molecule has 0 aromatic heterocycles. The average molecular weight is 377 g/mol. The Labute approximate surface area is 162 Å². The molecule has 2 aromatic carbocycles. The van der Waals surface area contributed by atoms with E-state index >= 15 is 0 Å². The van der Waals surface area contributed by atoms with E-state index in [1.54, 1.807) is 55.6 Å². The number of amides is 5. The van der Waals surface area contributed by atoms with Gasteiger partial charge in [-0.25, -0.2) is 4.79 Å². The molecule has 7 nitrogen and oxygen atoms in total. The molecule has 2 heterocycles. The molecule has 142 valence electrons. The molecular formula is C21H19N3O4. The van der Waals surface area contributed by atoms with E-state index in [0.29, 0.717) is 16.7 Å². The zero-order chi connectivity index (χ0) is 20.1. The number of benzene rings is 2. The maximum absolute atomic E-state index is 13.1. The highest BCUT2D eigenvalue weighted by Gasteiger charge is 2.55. The number of hydrogen-bond acceptors (Lipinski definition) is 4. The first kappa shape index (κ1) is 17.9. The monoisotopic (exact) mass is 377 g/mol. The molecule has 0 spiro atoms. The Morgan fingerprint density at radius 3 is 1.82 bits per heavy atom. The van der Waals surface area contributed by atoms with Crippen LogP contribution in [0.1, 0.15) is 32.7 Å². The van der Waals surface area contributed by atoms with Crippen molar-refractivity contribution in [2.24, 2.45) is 0 Å². The van der Waals surface area contributed by atoms with Gasteiger partial charge in [0.25, 0.3) is 17.7 Å². The van der Waals surface area contributed by atoms with Gasteiger partial charge in [-0.3, -0.25) is 24.2 Å². The summed E-state index contributed by atoms with van der Waals surface area (Å²) in [5.41, 5.74) is 0.112. The number of rotatable bonds is 4. The van der Waals surface area contributed by atoms with E-state index in [4.69, 9.17) is 0 Å². The van der Waals surface area contributed by atoms with Crippen LogP contribution in [-0.4, -0.2) is 59.1 Å². The molecule has 0 aliphatic carbocycles. The van der Waals surface area contributed by atoms with Crippen molar-refractivity contribution in [2.75, 3.05) is 20.6 Å². The van der Waals surface area contributed by atoms with Gasteiger partial charge in [0.15, 0.2) is 5.54 Å². The number of imide groups is 2. The minimum Gasteiger partial charge on any atom is -0.308 e. The fourth-order valence-corrected chi connectivity index (χ4v) is 4.06. The molecule has 2 aliphatic heterocycles. The lowest BCUT2D eigenvalue weighted by Crippen LogP contribution is -2.48. The molecule has 4 rings (SSSR count). The summed E-state index contributed by atoms with van der Waals surface area (Å²) in [4.78, 5) is 54.6. The summed E-state index contributed by atoms with van der Waals surface area (Å²) in [5.74, 6) is -1.13. The highest BCUT2D eigenvalue weighted by atomic mass is 16.2. The summed E-state index contributed by atoms with van der Waals surface area (Å²) in [5, 5.41) is 0. The van der Waals surface area contributed by atoms with Crippen LogP contribution in [0, 0.1) is 0 Å². The van der Waals surface area contributed by atoms with Crippen LogP contribution < -0.4 is 0 Å². The van der Waals surface area contributed by atoms with Crippen LogP contribution in [0.4, 0.5) is 4.79 Å². The average Bonchev–Trinajstić information content (AvgIpc) is 3.06. The summed E-state index contributed by atoms with van der Waals surface area (Å²) in [7, 11) is 3.01. The van der Waals surface area contributed by atoms with Crippen LogP contribution in [0.3, 0.4) is 0 Å². The van der Waals surface area contributed by atoms with Gasteiger partial charge in [0.1, 0.15) is 0 Å². The number of carbonyl (C=O) groups is 4. The van der Waals surface area contributed by atoms with Gasteiger partial charge in [0.05, 0.1) is 11.1 Å². The van der Waals surface area contributed by atoms with Crippen molar-refractivity contribution < 1.29 is 19.2 Å². The maximum Gasteiger partial charge on any atom is 0.327 e. The van der Waals surface area contributed by atoms with E-state index < -0.39 is 11.6 Å². The second-order valence-electron chi connectivity index (χ2n) is 6.99. The third kappa shape index (κ3) is 2.29. The fourth-order valence-electron chi connectivity index (χ4n) is 4.06. The van der Waals surface area contributed by atoms with E-state index in [-0.39, 0.29) is 30.7 Å². The summed E-state index contributed by atoms with van der Waals surface area (Å²) in [6, 6.07) is 15.2. The normalized spacial score (nSPS) is 21.7. The molecule has 0 radical (unpaired) electrons. The van der Waals surface area contributed by atoms with E-state index in [1.165, 1.54) is 11.9 Å². The lowest BCUT2D eigenvalue weighted by molar-refractivity contribution is -0.133. The molecule has 0 N–H and O–H groups in total. The zero-order valence-electron chi connectivity index (χ0n) is 15.6. The molecule has 5 amide bonds. The molecule has 0 bridgehead atoms. The summed E-state index contributed by atoms with van der Waals surface area (Å²) < 4.78 is 0. The molecule has 1 atom stereocenters. The van der Waals surface area contributed by atoms with Crippen molar-refractivity contribution in [1.82, 2.24) is 14.7 Å². The van der Waals surface area contributed by atoms with Crippen molar-refractivity contribution >= 4 is 23.8 Å². The van der Waals surface area contributed by atoms with E-state index in [9.17, 15) is 19.2 Å². The van der Waals surface area contributed by atoms with Gasteiger partial charge in [0, 0.05) is 27.1 Å². The van der Waals surface area contributed by atoms with E-state index in [2.05, 4.69) is 0 Å². The third-order valence-corrected chi connectivity index (χ3v) is 5.63. The van der Waals surface area contributed by atoms with Crippen LogP contribution in [0.2, 0.25) is 0 Å². The van der Waals surface area contributed by atoms with Gasteiger partial charge in [-0.1, -0.05) is 42.5 Å². The van der Waals surface area contributed by atoms with Crippen molar-refractivity contribution in [1.29, 1.82) is 0 Å². The van der Waals surface area contributed by atoms with Gasteiger partial charge in [-0.15, -0.1) is 0 Å². The molecule has 1 unspecified atom stereocenters. The minimum atomic E-state index is -1.26. The van der Waals surface area contributed by atoms with Gasteiger partial charge in [-0.05, 0) is 17.7 Å². The molecule has 2 aromatic rings. The van der Waals surface area contributed by atoms with Gasteiger partial charge < -0.3 is 4.90 Å². The highest BCUT2D eigenvalue weighted by molar-refractivity contribution is 6.21. The number of likely N-dealkylation sites (N-methyl/N-ethyl adjacent to an activating group) is 2. The molecule has 1 saturated heterocycles. The van der Waals surface area contributed by atoms with Gasteiger partial charge in [0.2, 0.25) is 0 Å². The molecule has 28 heavy (non-hydrogen) atoms. The topological polar surface area (TPSA) is 78.0 Å². The van der Waals surface area contributed by atoms with Crippen LogP contribution >= 0.6 is 0 Å². The second-order valence-corrected chi connectivity index (χ2v) is 6.99. The van der Waals surface area contributed by atoms with Crippen molar-refractivity contribution in [3.8, 4) is 0 Å². The van der Waals surface area contributed by atoms with Crippen LogP contribution in [0.15, 0.2) is 54.6 Å². The zero-order valence-corrected chi connectivity index (χ0v) is 15.6. The summed E-state index contributed by atoms with van der Waals surface area (Å²) >= 11 is 0. The maximum atomic E-state index is 13.1. The first-order chi connectivity index (χ1) is 13.4. The van der Waals surface area contributed by atoms with Gasteiger partial charge in [-0.2, -0.15) is 0 Å². The quantitative estimate of drug-likeness (QED) is 0.604. The largest absolute Gasteiger partial charge is 0.327 e. The standard InChI is InChI=1S/C21H19N3O4/c1-22-19(27)21(23(2)20(22)28,14-8-4-3-5-9-14)12-13-24-17(25)15-10-6-7-11-16(15)18(24)26/h3-11H,12-13H2,1-2H3. The number of fused-ring (bicyclic) bond motifs is 1. The molecular weight excluding hydrogens is 358 g/mol. The Kier molecular flexibility index (Phi) is 4.03. The number of nitrogens with zero attached hydrogens (tertiary/aromatic N) is 3. The molecule has 1 fully saturated rings. The Hall–Kier alpha value is -3.48. The Morgan fingerprint density at radius 2 is 1.32 bits per heavy atom. The number of hydrogen-bond donors (Lipinski definition) is 0. The second kappa shape index (κ2) is 6.30. The lowest BCUT2D eigenvalue weighted by atomic mass is 9.85. The number of carbonyl (C=O) groups excluding carboxylic acids is 4. The first-order valence-corrected chi connectivity index (χ1v) is 8.96. The van der Waals surface area contributed by atoms with Crippen LogP contribution in [-0.2, 0) is 10.3 Å². The highest BCUT2D eigenvalue weighted by Crippen LogP contribution is 2.39. The minimum absolute atomic E-state index is 0.0262. The van der Waals surface area contributed by atoms with Gasteiger partial charge >= 0.3 is 6.03 Å². The molecule has 7 heteroatoms. The van der Waals surface area contributed by atoms with Crippen LogP contribution in [0.5, 0.6) is 0 Å². The summed E-state index contributed by atoms with van der Waals surface area (Å²) in [6.07, 6.45) is 0.119. The summed E-state index contributed by atoms with van der Waals surface area (Å²) in [6.45, 7) is 0.0262. The molecule has 2 aliphatic rings. The SMILES string of the molecule is CN1C(=O)N(C)C(CCN2C(=O)c3ccccc3C2=O)(c2ccccc2)C1=O. The Bertz CT molecular complexity index is 969. The van der Waals surface area contributed by atoms with E-state index in [0.717, 1.165) is 9.80 Å².